The summed E-state index contributed by atoms with van der Waals surface area (Å²) < 4.78 is 30.6. The molecule has 0 aromatic heterocycles. The van der Waals surface area contributed by atoms with E-state index in [1.807, 2.05) is 81.4 Å². The van der Waals surface area contributed by atoms with Crippen molar-refractivity contribution in [2.45, 2.75) is 63.9 Å². The normalized spacial score (nSPS) is 31.0. The van der Waals surface area contributed by atoms with Gasteiger partial charge in [0.1, 0.15) is 17.8 Å². The molecule has 0 amide bonds. The van der Waals surface area contributed by atoms with Gasteiger partial charge in [0.25, 0.3) is 0 Å². The maximum atomic E-state index is 6.30. The summed E-state index contributed by atoms with van der Waals surface area (Å²) in [6.07, 6.45) is -1.04. The molecule has 2 saturated heterocycles. The minimum Gasteiger partial charge on any atom is -0.374 e. The van der Waals surface area contributed by atoms with E-state index in [1.54, 1.807) is 0 Å². The minimum atomic E-state index is -0.685. The minimum absolute atomic E-state index is 0.288. The first kappa shape index (κ1) is 19.6. The van der Waals surface area contributed by atoms with Gasteiger partial charge >= 0.3 is 0 Å². The Morgan fingerprint density at radius 3 is 2.04 bits per heavy atom. The largest absolute Gasteiger partial charge is 0.374 e. The lowest BCUT2D eigenvalue weighted by Crippen LogP contribution is -2.47. The van der Waals surface area contributed by atoms with Crippen molar-refractivity contribution < 1.29 is 23.7 Å². The molecule has 4 unspecified atom stereocenters. The van der Waals surface area contributed by atoms with E-state index in [0.29, 0.717) is 19.8 Å². The van der Waals surface area contributed by atoms with Crippen molar-refractivity contribution in [1.82, 2.24) is 0 Å². The van der Waals surface area contributed by atoms with Crippen molar-refractivity contribution in [3.05, 3.63) is 71.8 Å². The zero-order valence-electron chi connectivity index (χ0n) is 16.7. The molecule has 4 atom stereocenters. The van der Waals surface area contributed by atoms with Crippen LogP contribution in [0.15, 0.2) is 60.7 Å². The Labute approximate surface area is 166 Å². The van der Waals surface area contributed by atoms with Gasteiger partial charge in [0.2, 0.25) is 0 Å². The summed E-state index contributed by atoms with van der Waals surface area (Å²) in [6, 6.07) is 20.2. The fourth-order valence-electron chi connectivity index (χ4n) is 3.83. The van der Waals surface area contributed by atoms with E-state index in [0.717, 1.165) is 11.1 Å². The van der Waals surface area contributed by atoms with Crippen molar-refractivity contribution >= 4 is 0 Å². The number of fused-ring (bicyclic) bond motifs is 1. The van der Waals surface area contributed by atoms with Crippen molar-refractivity contribution in [2.75, 3.05) is 6.61 Å². The summed E-state index contributed by atoms with van der Waals surface area (Å²) in [4.78, 5) is 0. The molecular formula is C23H28O5. The highest BCUT2D eigenvalue weighted by atomic mass is 16.8. The average molecular weight is 384 g/mol. The lowest BCUT2D eigenvalue weighted by Gasteiger charge is -2.33. The quantitative estimate of drug-likeness (QED) is 0.721. The van der Waals surface area contributed by atoms with E-state index in [9.17, 15) is 0 Å². The van der Waals surface area contributed by atoms with Gasteiger partial charge in [0.15, 0.2) is 12.1 Å². The molecule has 5 heteroatoms. The Bertz CT molecular complexity index is 763. The van der Waals surface area contributed by atoms with Gasteiger partial charge in [-0.3, -0.25) is 0 Å². The van der Waals surface area contributed by atoms with Crippen molar-refractivity contribution in [1.29, 1.82) is 0 Å². The summed E-state index contributed by atoms with van der Waals surface area (Å²) in [6.45, 7) is 7.19. The van der Waals surface area contributed by atoms with Gasteiger partial charge in [0.05, 0.1) is 19.8 Å². The van der Waals surface area contributed by atoms with Crippen LogP contribution >= 0.6 is 0 Å². The second kappa shape index (κ2) is 7.93. The lowest BCUT2D eigenvalue weighted by atomic mass is 9.98. The molecule has 2 aliphatic heterocycles. The maximum Gasteiger partial charge on any atom is 0.190 e. The molecule has 0 saturated carbocycles. The number of rotatable bonds is 7. The molecule has 0 radical (unpaired) electrons. The standard InChI is InChI=1S/C23H28O5/c1-22(2)26-19-20(25-15-18-12-8-5-9-13-18)23(3,28-21(19)27-22)16-24-14-17-10-6-4-7-11-17/h4-13,19-21H,14-16H2,1-3H3. The Morgan fingerprint density at radius 1 is 0.786 bits per heavy atom. The van der Waals surface area contributed by atoms with E-state index < -0.39 is 17.7 Å². The smallest absolute Gasteiger partial charge is 0.190 e. The van der Waals surface area contributed by atoms with Crippen molar-refractivity contribution in [3.63, 3.8) is 0 Å². The fourth-order valence-corrected chi connectivity index (χ4v) is 3.83. The second-order valence-electron chi connectivity index (χ2n) is 8.09. The zero-order chi connectivity index (χ0) is 19.6. The van der Waals surface area contributed by atoms with Crippen LogP contribution in [0.3, 0.4) is 0 Å². The van der Waals surface area contributed by atoms with Gasteiger partial charge in [-0.1, -0.05) is 60.7 Å². The van der Waals surface area contributed by atoms with Crippen LogP contribution in [0.2, 0.25) is 0 Å². The van der Waals surface area contributed by atoms with Gasteiger partial charge in [-0.15, -0.1) is 0 Å². The highest BCUT2D eigenvalue weighted by Crippen LogP contribution is 2.44. The highest BCUT2D eigenvalue weighted by molar-refractivity contribution is 5.15. The monoisotopic (exact) mass is 384 g/mol. The Hall–Kier alpha value is -1.76. The third-order valence-electron chi connectivity index (χ3n) is 5.15. The predicted octanol–water partition coefficient (Wildman–Crippen LogP) is 4.06. The van der Waals surface area contributed by atoms with Crippen LogP contribution in [0.25, 0.3) is 0 Å². The SMILES string of the molecule is CC1(C)OC2OC(C)(COCc3ccccc3)C(OCc3ccccc3)C2O1. The fraction of sp³-hybridized carbons (Fsp3) is 0.478. The molecule has 150 valence electrons. The molecule has 2 heterocycles. The van der Waals surface area contributed by atoms with Gasteiger partial charge in [-0.25, -0.2) is 0 Å². The van der Waals surface area contributed by atoms with Crippen molar-refractivity contribution in [2.24, 2.45) is 0 Å². The van der Waals surface area contributed by atoms with Gasteiger partial charge in [-0.05, 0) is 31.9 Å². The van der Waals surface area contributed by atoms with E-state index in [-0.39, 0.29) is 12.2 Å². The summed E-state index contributed by atoms with van der Waals surface area (Å²) in [5.74, 6) is -0.685. The molecule has 5 nitrogen and oxygen atoms in total. The zero-order valence-corrected chi connectivity index (χ0v) is 16.7. The molecule has 2 aromatic rings. The molecule has 0 aliphatic carbocycles. The first-order valence-electron chi connectivity index (χ1n) is 9.76. The summed E-state index contributed by atoms with van der Waals surface area (Å²) in [5.41, 5.74) is 1.58. The van der Waals surface area contributed by atoms with Crippen LogP contribution in [0.5, 0.6) is 0 Å². The van der Waals surface area contributed by atoms with Crippen LogP contribution in [-0.2, 0) is 36.9 Å². The van der Waals surface area contributed by atoms with Crippen LogP contribution in [0.4, 0.5) is 0 Å². The third kappa shape index (κ3) is 4.29. The number of ether oxygens (including phenoxy) is 5. The molecule has 0 N–H and O–H groups in total. The van der Waals surface area contributed by atoms with Gasteiger partial charge in [-0.2, -0.15) is 0 Å². The van der Waals surface area contributed by atoms with Crippen LogP contribution < -0.4 is 0 Å². The number of hydrogen-bond acceptors (Lipinski definition) is 5. The molecule has 4 rings (SSSR count). The molecule has 2 fully saturated rings. The average Bonchev–Trinajstić information content (AvgIpc) is 3.09. The summed E-state index contributed by atoms with van der Waals surface area (Å²) in [7, 11) is 0. The molecule has 28 heavy (non-hydrogen) atoms. The van der Waals surface area contributed by atoms with Gasteiger partial charge < -0.3 is 23.7 Å². The number of benzene rings is 2. The summed E-state index contributed by atoms with van der Waals surface area (Å²) in [5, 5.41) is 0. The molecule has 0 spiro atoms. The molecular weight excluding hydrogens is 356 g/mol. The van der Waals surface area contributed by atoms with Crippen LogP contribution in [0.1, 0.15) is 31.9 Å². The van der Waals surface area contributed by atoms with E-state index >= 15 is 0 Å². The van der Waals surface area contributed by atoms with Crippen molar-refractivity contribution in [3.8, 4) is 0 Å². The Morgan fingerprint density at radius 2 is 1.39 bits per heavy atom. The van der Waals surface area contributed by atoms with Crippen LogP contribution in [-0.4, -0.2) is 36.5 Å². The Kier molecular flexibility index (Phi) is 5.54. The lowest BCUT2D eigenvalue weighted by molar-refractivity contribution is -0.250. The predicted molar refractivity (Wildman–Crippen MR) is 104 cm³/mol. The van der Waals surface area contributed by atoms with E-state index in [1.165, 1.54) is 0 Å². The van der Waals surface area contributed by atoms with E-state index in [2.05, 4.69) is 0 Å². The first-order chi connectivity index (χ1) is 13.5. The third-order valence-corrected chi connectivity index (χ3v) is 5.15. The topological polar surface area (TPSA) is 46.2 Å². The first-order valence-corrected chi connectivity index (χ1v) is 9.76. The Balaban J connectivity index is 1.44. The second-order valence-corrected chi connectivity index (χ2v) is 8.09. The van der Waals surface area contributed by atoms with E-state index in [4.69, 9.17) is 23.7 Å². The summed E-state index contributed by atoms with van der Waals surface area (Å²) >= 11 is 0. The maximum absolute atomic E-state index is 6.30. The molecule has 2 aliphatic rings. The number of hydrogen-bond donors (Lipinski definition) is 0. The van der Waals surface area contributed by atoms with Crippen LogP contribution in [0, 0.1) is 0 Å². The highest BCUT2D eigenvalue weighted by Gasteiger charge is 2.60. The molecule has 0 bridgehead atoms. The molecule has 2 aromatic carbocycles. The van der Waals surface area contributed by atoms with Gasteiger partial charge in [0, 0.05) is 0 Å².